The number of aromatic nitrogens is 1. The lowest BCUT2D eigenvalue weighted by atomic mass is 10.4. The Balaban J connectivity index is 3.28. The third kappa shape index (κ3) is 2.32. The molecular weight excluding hydrogens is 194 g/mol. The second-order valence-electron chi connectivity index (χ2n) is 3.42. The SMILES string of the molecule is CCn1c(C)c(C)s/c1=N/N=C(C)C. The molecule has 14 heavy (non-hydrogen) atoms. The van der Waals surface area contributed by atoms with Gasteiger partial charge < -0.3 is 4.57 Å². The van der Waals surface area contributed by atoms with Gasteiger partial charge in [-0.2, -0.15) is 5.10 Å². The summed E-state index contributed by atoms with van der Waals surface area (Å²) < 4.78 is 2.19. The molecule has 1 rings (SSSR count). The lowest BCUT2D eigenvalue weighted by Gasteiger charge is -1.99. The molecule has 4 heteroatoms. The topological polar surface area (TPSA) is 29.6 Å². The van der Waals surface area contributed by atoms with Crippen molar-refractivity contribution >= 4 is 17.0 Å². The average Bonchev–Trinajstić information content (AvgIpc) is 2.39. The van der Waals surface area contributed by atoms with E-state index in [-0.39, 0.29) is 0 Å². The Bertz CT molecular complexity index is 405. The van der Waals surface area contributed by atoms with E-state index < -0.39 is 0 Å². The van der Waals surface area contributed by atoms with Crippen LogP contribution in [0, 0.1) is 13.8 Å². The summed E-state index contributed by atoms with van der Waals surface area (Å²) in [6.45, 7) is 11.2. The van der Waals surface area contributed by atoms with Crippen LogP contribution in [0.5, 0.6) is 0 Å². The van der Waals surface area contributed by atoms with Gasteiger partial charge in [0.25, 0.3) is 0 Å². The summed E-state index contributed by atoms with van der Waals surface area (Å²) in [6.07, 6.45) is 0. The van der Waals surface area contributed by atoms with Crippen LogP contribution in [0.4, 0.5) is 0 Å². The third-order valence-corrected chi connectivity index (χ3v) is 3.13. The molecule has 3 nitrogen and oxygen atoms in total. The van der Waals surface area contributed by atoms with Crippen molar-refractivity contribution in [2.45, 2.75) is 41.2 Å². The summed E-state index contributed by atoms with van der Waals surface area (Å²) in [7, 11) is 0. The molecule has 0 amide bonds. The molecule has 0 aliphatic heterocycles. The van der Waals surface area contributed by atoms with Crippen LogP contribution in [0.25, 0.3) is 0 Å². The van der Waals surface area contributed by atoms with Crippen molar-refractivity contribution in [1.29, 1.82) is 0 Å². The van der Waals surface area contributed by atoms with Crippen LogP contribution in [0.2, 0.25) is 0 Å². The Morgan fingerprint density at radius 3 is 2.50 bits per heavy atom. The van der Waals surface area contributed by atoms with Gasteiger partial charge in [0.1, 0.15) is 0 Å². The van der Waals surface area contributed by atoms with Gasteiger partial charge in [-0.15, -0.1) is 16.4 Å². The van der Waals surface area contributed by atoms with Gasteiger partial charge in [-0.05, 0) is 34.6 Å². The van der Waals surface area contributed by atoms with Crippen LogP contribution in [0.3, 0.4) is 0 Å². The summed E-state index contributed by atoms with van der Waals surface area (Å²) >= 11 is 1.70. The first-order valence-electron chi connectivity index (χ1n) is 4.78. The smallest absolute Gasteiger partial charge is 0.210 e. The highest BCUT2D eigenvalue weighted by molar-refractivity contribution is 7.09. The highest BCUT2D eigenvalue weighted by Gasteiger charge is 2.03. The van der Waals surface area contributed by atoms with Crippen molar-refractivity contribution in [2.24, 2.45) is 10.2 Å². The average molecular weight is 211 g/mol. The quantitative estimate of drug-likeness (QED) is 0.531. The molecule has 0 fully saturated rings. The largest absolute Gasteiger partial charge is 0.320 e. The van der Waals surface area contributed by atoms with E-state index in [1.165, 1.54) is 10.6 Å². The second kappa shape index (κ2) is 4.55. The van der Waals surface area contributed by atoms with Gasteiger partial charge in [0.05, 0.1) is 0 Å². The maximum Gasteiger partial charge on any atom is 0.210 e. The van der Waals surface area contributed by atoms with Crippen molar-refractivity contribution < 1.29 is 0 Å². The van der Waals surface area contributed by atoms with Crippen molar-refractivity contribution in [2.75, 3.05) is 0 Å². The number of aryl methyl sites for hydroxylation is 1. The normalized spacial score (nSPS) is 11.9. The van der Waals surface area contributed by atoms with Crippen molar-refractivity contribution in [3.05, 3.63) is 15.4 Å². The Morgan fingerprint density at radius 2 is 2.00 bits per heavy atom. The third-order valence-electron chi connectivity index (χ3n) is 2.04. The van der Waals surface area contributed by atoms with E-state index in [0.717, 1.165) is 17.1 Å². The Morgan fingerprint density at radius 1 is 1.36 bits per heavy atom. The predicted molar refractivity (Wildman–Crippen MR) is 61.8 cm³/mol. The van der Waals surface area contributed by atoms with Crippen LogP contribution >= 0.6 is 11.3 Å². The van der Waals surface area contributed by atoms with E-state index in [4.69, 9.17) is 0 Å². The predicted octanol–water partition coefficient (Wildman–Crippen LogP) is 2.48. The van der Waals surface area contributed by atoms with Crippen molar-refractivity contribution in [3.8, 4) is 0 Å². The van der Waals surface area contributed by atoms with Gasteiger partial charge in [0.2, 0.25) is 4.80 Å². The van der Waals surface area contributed by atoms with Gasteiger partial charge in [0.15, 0.2) is 0 Å². The summed E-state index contributed by atoms with van der Waals surface area (Å²) in [5.74, 6) is 0. The molecule has 0 bridgehead atoms. The monoisotopic (exact) mass is 211 g/mol. The molecule has 0 aliphatic rings. The van der Waals surface area contributed by atoms with E-state index in [2.05, 4.69) is 35.5 Å². The molecule has 0 N–H and O–H groups in total. The summed E-state index contributed by atoms with van der Waals surface area (Å²) in [5, 5.41) is 8.32. The van der Waals surface area contributed by atoms with Crippen LogP contribution in [-0.2, 0) is 6.54 Å². The first-order valence-corrected chi connectivity index (χ1v) is 5.59. The molecule has 0 radical (unpaired) electrons. The van der Waals surface area contributed by atoms with Gasteiger partial charge in [-0.25, -0.2) is 0 Å². The number of hydrogen-bond donors (Lipinski definition) is 0. The Labute approximate surface area is 88.8 Å². The minimum atomic E-state index is 0.952. The van der Waals surface area contributed by atoms with Gasteiger partial charge in [-0.1, -0.05) is 0 Å². The summed E-state index contributed by atoms with van der Waals surface area (Å²) in [5.41, 5.74) is 2.27. The van der Waals surface area contributed by atoms with Crippen LogP contribution in [0.1, 0.15) is 31.3 Å². The molecule has 1 aromatic heterocycles. The molecule has 1 aromatic rings. The standard InChI is InChI=1S/C10H17N3S/c1-6-13-8(4)9(5)14-10(13)12-11-7(2)3/h6H2,1-5H3/b12-10+. The van der Waals surface area contributed by atoms with Gasteiger partial charge >= 0.3 is 0 Å². The van der Waals surface area contributed by atoms with Crippen molar-refractivity contribution in [3.63, 3.8) is 0 Å². The minimum absolute atomic E-state index is 0.952. The van der Waals surface area contributed by atoms with Crippen LogP contribution in [0.15, 0.2) is 10.2 Å². The number of hydrogen-bond acceptors (Lipinski definition) is 3. The summed E-state index contributed by atoms with van der Waals surface area (Å²) in [6, 6.07) is 0. The fourth-order valence-corrected chi connectivity index (χ4v) is 2.18. The zero-order chi connectivity index (χ0) is 10.7. The van der Waals surface area contributed by atoms with Crippen LogP contribution < -0.4 is 4.80 Å². The van der Waals surface area contributed by atoms with E-state index in [9.17, 15) is 0 Å². The molecule has 0 aromatic carbocycles. The highest BCUT2D eigenvalue weighted by Crippen LogP contribution is 2.09. The maximum absolute atomic E-state index is 4.23. The maximum atomic E-state index is 4.23. The highest BCUT2D eigenvalue weighted by atomic mass is 32.1. The van der Waals surface area contributed by atoms with E-state index >= 15 is 0 Å². The molecular formula is C10H17N3S. The molecule has 0 spiro atoms. The Kier molecular flexibility index (Phi) is 3.63. The molecule has 0 atom stereocenters. The van der Waals surface area contributed by atoms with Crippen LogP contribution in [-0.4, -0.2) is 10.3 Å². The molecule has 78 valence electrons. The number of nitrogens with zero attached hydrogens (tertiary/aromatic N) is 3. The van der Waals surface area contributed by atoms with Gasteiger partial charge in [-0.3, -0.25) is 0 Å². The van der Waals surface area contributed by atoms with Gasteiger partial charge in [0, 0.05) is 22.8 Å². The lowest BCUT2D eigenvalue weighted by Crippen LogP contribution is -2.14. The zero-order valence-corrected chi connectivity index (χ0v) is 10.3. The van der Waals surface area contributed by atoms with E-state index in [0.29, 0.717) is 0 Å². The first-order chi connectivity index (χ1) is 6.56. The fraction of sp³-hybridized carbons (Fsp3) is 0.600. The molecule has 0 unspecified atom stereocenters. The zero-order valence-electron chi connectivity index (χ0n) is 9.46. The molecule has 0 aliphatic carbocycles. The van der Waals surface area contributed by atoms with E-state index in [1.54, 1.807) is 11.3 Å². The molecule has 0 saturated heterocycles. The van der Waals surface area contributed by atoms with E-state index in [1.807, 2.05) is 13.8 Å². The Hall–Kier alpha value is -0.900. The number of rotatable bonds is 2. The van der Waals surface area contributed by atoms with Crippen molar-refractivity contribution in [1.82, 2.24) is 4.57 Å². The second-order valence-corrected chi connectivity index (χ2v) is 4.60. The minimum Gasteiger partial charge on any atom is -0.320 e. The molecule has 0 saturated carbocycles. The fourth-order valence-electron chi connectivity index (χ4n) is 1.19. The summed E-state index contributed by atoms with van der Waals surface area (Å²) in [4.78, 5) is 2.30. The molecule has 1 heterocycles. The first kappa shape index (κ1) is 11.2. The lowest BCUT2D eigenvalue weighted by molar-refractivity contribution is 0.702. The number of thiazole rings is 1.